The molecule has 1 N–H and O–H groups in total. The first-order valence-corrected chi connectivity index (χ1v) is 7.51. The van der Waals surface area contributed by atoms with Crippen molar-refractivity contribution in [2.75, 3.05) is 18.0 Å². The van der Waals surface area contributed by atoms with E-state index in [0.29, 0.717) is 16.7 Å². The number of fused-ring (bicyclic) bond motifs is 1. The molecule has 2 aromatic heterocycles. The minimum atomic E-state index is -0.0602. The van der Waals surface area contributed by atoms with Crippen molar-refractivity contribution in [1.29, 1.82) is 0 Å². The molecule has 6 heteroatoms. The number of H-pyrrole nitrogens is 1. The van der Waals surface area contributed by atoms with Gasteiger partial charge in [0.2, 0.25) is 5.43 Å². The van der Waals surface area contributed by atoms with Crippen LogP contribution >= 0.6 is 0 Å². The van der Waals surface area contributed by atoms with Crippen molar-refractivity contribution in [1.82, 2.24) is 20.0 Å². The number of aromatic nitrogens is 4. The number of anilines is 1. The third kappa shape index (κ3) is 1.91. The molecule has 6 nitrogen and oxygen atoms in total. The first kappa shape index (κ1) is 13.1. The van der Waals surface area contributed by atoms with Crippen LogP contribution in [0.2, 0.25) is 0 Å². The number of hydrogen-bond donors (Lipinski definition) is 1. The summed E-state index contributed by atoms with van der Waals surface area (Å²) in [7, 11) is 1.84. The third-order valence-corrected chi connectivity index (χ3v) is 4.20. The Hall–Kier alpha value is -2.63. The van der Waals surface area contributed by atoms with Crippen molar-refractivity contribution < 1.29 is 0 Å². The largest absolute Gasteiger partial charge is 0.354 e. The third-order valence-electron chi connectivity index (χ3n) is 4.20. The van der Waals surface area contributed by atoms with Gasteiger partial charge in [-0.3, -0.25) is 9.89 Å². The number of nitrogens with zero attached hydrogens (tertiary/aromatic N) is 4. The van der Waals surface area contributed by atoms with Crippen molar-refractivity contribution in [3.8, 4) is 11.3 Å². The van der Waals surface area contributed by atoms with Crippen LogP contribution in [0.3, 0.4) is 0 Å². The van der Waals surface area contributed by atoms with E-state index in [2.05, 4.69) is 20.2 Å². The summed E-state index contributed by atoms with van der Waals surface area (Å²) in [4.78, 5) is 15.1. The molecular formula is C16H17N5O. The van der Waals surface area contributed by atoms with Gasteiger partial charge in [0.05, 0.1) is 0 Å². The molecule has 1 aliphatic rings. The average Bonchev–Trinajstić information content (AvgIpc) is 3.17. The van der Waals surface area contributed by atoms with Gasteiger partial charge in [0.15, 0.2) is 11.5 Å². The molecule has 0 bridgehead atoms. The maximum Gasteiger partial charge on any atom is 0.221 e. The molecule has 3 heterocycles. The summed E-state index contributed by atoms with van der Waals surface area (Å²) >= 11 is 0. The molecule has 0 spiro atoms. The van der Waals surface area contributed by atoms with Gasteiger partial charge >= 0.3 is 0 Å². The predicted molar refractivity (Wildman–Crippen MR) is 86.0 cm³/mol. The lowest BCUT2D eigenvalue weighted by Gasteiger charge is -2.13. The topological polar surface area (TPSA) is 66.8 Å². The van der Waals surface area contributed by atoms with Gasteiger partial charge in [-0.2, -0.15) is 10.2 Å². The summed E-state index contributed by atoms with van der Waals surface area (Å²) in [5.41, 5.74) is 1.88. The molecule has 0 unspecified atom stereocenters. The molecule has 0 amide bonds. The predicted octanol–water partition coefficient (Wildman–Crippen LogP) is 1.92. The van der Waals surface area contributed by atoms with E-state index in [4.69, 9.17) is 0 Å². The van der Waals surface area contributed by atoms with E-state index in [1.54, 1.807) is 4.68 Å². The van der Waals surface area contributed by atoms with E-state index in [1.165, 1.54) is 0 Å². The van der Waals surface area contributed by atoms with Crippen LogP contribution in [0.1, 0.15) is 12.8 Å². The highest BCUT2D eigenvalue weighted by Crippen LogP contribution is 2.26. The average molecular weight is 295 g/mol. The second kappa shape index (κ2) is 4.98. The molecule has 0 atom stereocenters. The Morgan fingerprint density at radius 1 is 1.14 bits per heavy atom. The molecule has 3 aromatic rings. The van der Waals surface area contributed by atoms with Gasteiger partial charge in [-0.15, -0.1) is 0 Å². The summed E-state index contributed by atoms with van der Waals surface area (Å²) in [6.45, 7) is 1.91. The maximum absolute atomic E-state index is 13.0. The van der Waals surface area contributed by atoms with Crippen LogP contribution in [0, 0.1) is 0 Å². The Balaban J connectivity index is 1.97. The van der Waals surface area contributed by atoms with Crippen molar-refractivity contribution in [2.45, 2.75) is 12.8 Å². The molecular weight excluding hydrogens is 278 g/mol. The standard InChI is InChI=1S/C16H17N5O/c1-20-15-12(16(19-20)21-9-5-6-10-21)14(22)13(17-18-15)11-7-3-2-4-8-11/h2-4,7-8H,5-6,9-10H2,1H3,(H,18,22). The fourth-order valence-electron chi connectivity index (χ4n) is 3.07. The number of aryl methyl sites for hydroxylation is 1. The van der Waals surface area contributed by atoms with Crippen molar-refractivity contribution in [3.05, 3.63) is 40.6 Å². The van der Waals surface area contributed by atoms with Gasteiger partial charge in [-0.05, 0) is 12.8 Å². The molecule has 1 saturated heterocycles. The zero-order valence-electron chi connectivity index (χ0n) is 12.4. The van der Waals surface area contributed by atoms with Crippen molar-refractivity contribution in [3.63, 3.8) is 0 Å². The smallest absolute Gasteiger partial charge is 0.221 e. The second-order valence-corrected chi connectivity index (χ2v) is 5.63. The quantitative estimate of drug-likeness (QED) is 0.784. The van der Waals surface area contributed by atoms with Crippen LogP contribution in [-0.2, 0) is 7.05 Å². The highest BCUT2D eigenvalue weighted by molar-refractivity contribution is 5.90. The van der Waals surface area contributed by atoms with E-state index in [9.17, 15) is 4.79 Å². The zero-order valence-corrected chi connectivity index (χ0v) is 12.4. The van der Waals surface area contributed by atoms with Crippen LogP contribution in [0.5, 0.6) is 0 Å². The van der Waals surface area contributed by atoms with Gasteiger partial charge < -0.3 is 4.90 Å². The Morgan fingerprint density at radius 3 is 2.59 bits per heavy atom. The van der Waals surface area contributed by atoms with Crippen molar-refractivity contribution in [2.24, 2.45) is 7.05 Å². The lowest BCUT2D eigenvalue weighted by atomic mass is 10.1. The number of rotatable bonds is 2. The molecule has 1 aliphatic heterocycles. The van der Waals surface area contributed by atoms with Crippen LogP contribution in [0.25, 0.3) is 22.3 Å². The number of benzene rings is 1. The second-order valence-electron chi connectivity index (χ2n) is 5.63. The molecule has 4 rings (SSSR count). The SMILES string of the molecule is Cn1nc(N2CCCC2)c2c(=O)c(-c3ccccc3)n[nH]c21. The van der Waals surface area contributed by atoms with Gasteiger partial charge in [0, 0.05) is 25.7 Å². The molecule has 1 fully saturated rings. The Morgan fingerprint density at radius 2 is 1.86 bits per heavy atom. The van der Waals surface area contributed by atoms with Gasteiger partial charge in [0.25, 0.3) is 0 Å². The van der Waals surface area contributed by atoms with E-state index in [-0.39, 0.29) is 5.43 Å². The maximum atomic E-state index is 13.0. The molecule has 0 radical (unpaired) electrons. The van der Waals surface area contributed by atoms with Gasteiger partial charge in [0.1, 0.15) is 11.1 Å². The Labute approximate surface area is 127 Å². The zero-order chi connectivity index (χ0) is 15.1. The Kier molecular flexibility index (Phi) is 2.96. The normalized spacial score (nSPS) is 14.9. The number of nitrogens with one attached hydrogen (secondary N) is 1. The minimum absolute atomic E-state index is 0.0602. The Bertz CT molecular complexity index is 875. The summed E-state index contributed by atoms with van der Waals surface area (Å²) in [5.74, 6) is 0.774. The van der Waals surface area contributed by atoms with Crippen LogP contribution in [0.4, 0.5) is 5.82 Å². The fraction of sp³-hybridized carbons (Fsp3) is 0.312. The summed E-state index contributed by atoms with van der Waals surface area (Å²) in [6, 6.07) is 9.54. The van der Waals surface area contributed by atoms with Crippen LogP contribution in [0.15, 0.2) is 35.1 Å². The summed E-state index contributed by atoms with van der Waals surface area (Å²) < 4.78 is 1.70. The van der Waals surface area contributed by atoms with Crippen molar-refractivity contribution >= 4 is 16.9 Å². The minimum Gasteiger partial charge on any atom is -0.354 e. The fourth-order valence-corrected chi connectivity index (χ4v) is 3.07. The lowest BCUT2D eigenvalue weighted by Crippen LogP contribution is -2.20. The summed E-state index contributed by atoms with van der Waals surface area (Å²) in [6.07, 6.45) is 2.29. The van der Waals surface area contributed by atoms with E-state index in [1.807, 2.05) is 37.4 Å². The first-order valence-electron chi connectivity index (χ1n) is 7.51. The molecule has 1 aromatic carbocycles. The van der Waals surface area contributed by atoms with E-state index >= 15 is 0 Å². The molecule has 0 aliphatic carbocycles. The highest BCUT2D eigenvalue weighted by Gasteiger charge is 2.23. The molecule has 0 saturated carbocycles. The molecule has 22 heavy (non-hydrogen) atoms. The lowest BCUT2D eigenvalue weighted by molar-refractivity contribution is 0.764. The van der Waals surface area contributed by atoms with Crippen LogP contribution in [-0.4, -0.2) is 33.1 Å². The molecule has 112 valence electrons. The van der Waals surface area contributed by atoms with Gasteiger partial charge in [-0.25, -0.2) is 4.68 Å². The number of aromatic amines is 1. The highest BCUT2D eigenvalue weighted by atomic mass is 16.1. The van der Waals surface area contributed by atoms with Gasteiger partial charge in [-0.1, -0.05) is 30.3 Å². The van der Waals surface area contributed by atoms with Crippen LogP contribution < -0.4 is 10.3 Å². The summed E-state index contributed by atoms with van der Waals surface area (Å²) in [5, 5.41) is 12.4. The van der Waals surface area contributed by atoms with E-state index in [0.717, 1.165) is 37.3 Å². The monoisotopic (exact) mass is 295 g/mol. The first-order chi connectivity index (χ1) is 10.8. The number of hydrogen-bond acceptors (Lipinski definition) is 4. The van der Waals surface area contributed by atoms with E-state index < -0.39 is 0 Å².